The molecular formula is C17H22N4O2. The fraction of sp³-hybridized carbons (Fsp3) is 0.412. The topological polar surface area (TPSA) is 79.2 Å². The SMILES string of the molecule is Cc1ccn(-c2ccccc2NC(=O)NC2(CO)CCCC2)n1. The summed E-state index contributed by atoms with van der Waals surface area (Å²) >= 11 is 0. The quantitative estimate of drug-likeness (QED) is 0.811. The van der Waals surface area contributed by atoms with Gasteiger partial charge in [0.15, 0.2) is 0 Å². The van der Waals surface area contributed by atoms with Gasteiger partial charge < -0.3 is 15.7 Å². The van der Waals surface area contributed by atoms with E-state index in [1.807, 2.05) is 43.5 Å². The maximum Gasteiger partial charge on any atom is 0.319 e. The van der Waals surface area contributed by atoms with Crippen LogP contribution < -0.4 is 10.6 Å². The van der Waals surface area contributed by atoms with Gasteiger partial charge in [0.2, 0.25) is 0 Å². The molecule has 6 nitrogen and oxygen atoms in total. The molecule has 0 spiro atoms. The van der Waals surface area contributed by atoms with Crippen molar-refractivity contribution in [1.82, 2.24) is 15.1 Å². The molecule has 122 valence electrons. The number of aryl methyl sites for hydroxylation is 1. The van der Waals surface area contributed by atoms with Gasteiger partial charge in [-0.25, -0.2) is 9.48 Å². The Kier molecular flexibility index (Phi) is 4.34. The van der Waals surface area contributed by atoms with Crippen LogP contribution >= 0.6 is 0 Å². The van der Waals surface area contributed by atoms with E-state index in [9.17, 15) is 9.90 Å². The van der Waals surface area contributed by atoms with Gasteiger partial charge in [-0.2, -0.15) is 5.10 Å². The predicted molar refractivity (Wildman–Crippen MR) is 88.7 cm³/mol. The highest BCUT2D eigenvalue weighted by Gasteiger charge is 2.34. The maximum atomic E-state index is 12.4. The first-order valence-electron chi connectivity index (χ1n) is 7.94. The lowest BCUT2D eigenvalue weighted by molar-refractivity contribution is 0.167. The number of aliphatic hydroxyl groups excluding tert-OH is 1. The van der Waals surface area contributed by atoms with Crippen LogP contribution in [-0.4, -0.2) is 33.1 Å². The average Bonchev–Trinajstić information content (AvgIpc) is 3.17. The molecule has 2 aromatic rings. The summed E-state index contributed by atoms with van der Waals surface area (Å²) in [5, 5.41) is 19.8. The largest absolute Gasteiger partial charge is 0.394 e. The van der Waals surface area contributed by atoms with Crippen LogP contribution in [0.25, 0.3) is 5.69 Å². The van der Waals surface area contributed by atoms with E-state index in [0.717, 1.165) is 37.1 Å². The maximum absolute atomic E-state index is 12.4. The third-order valence-electron chi connectivity index (χ3n) is 4.36. The second kappa shape index (κ2) is 6.42. The number of aromatic nitrogens is 2. The molecule has 0 radical (unpaired) electrons. The highest BCUT2D eigenvalue weighted by molar-refractivity contribution is 5.92. The van der Waals surface area contributed by atoms with Crippen LogP contribution in [0.2, 0.25) is 0 Å². The first-order valence-corrected chi connectivity index (χ1v) is 7.94. The van der Waals surface area contributed by atoms with Gasteiger partial charge in [-0.3, -0.25) is 0 Å². The summed E-state index contributed by atoms with van der Waals surface area (Å²) in [6.45, 7) is 1.89. The number of anilines is 1. The van der Waals surface area contributed by atoms with E-state index in [-0.39, 0.29) is 12.6 Å². The molecule has 3 N–H and O–H groups in total. The molecule has 1 aliphatic carbocycles. The molecule has 0 bridgehead atoms. The smallest absolute Gasteiger partial charge is 0.319 e. The zero-order valence-electron chi connectivity index (χ0n) is 13.2. The molecule has 1 heterocycles. The van der Waals surface area contributed by atoms with E-state index in [0.29, 0.717) is 5.69 Å². The Hall–Kier alpha value is -2.34. The third-order valence-corrected chi connectivity index (χ3v) is 4.36. The van der Waals surface area contributed by atoms with Crippen molar-refractivity contribution in [2.24, 2.45) is 0 Å². The number of benzene rings is 1. The molecule has 1 fully saturated rings. The van der Waals surface area contributed by atoms with E-state index in [4.69, 9.17) is 0 Å². The van der Waals surface area contributed by atoms with Gasteiger partial charge in [-0.05, 0) is 38.0 Å². The lowest BCUT2D eigenvalue weighted by Crippen LogP contribution is -2.50. The van der Waals surface area contributed by atoms with Gasteiger partial charge in [0.25, 0.3) is 0 Å². The summed E-state index contributed by atoms with van der Waals surface area (Å²) in [4.78, 5) is 12.4. The van der Waals surface area contributed by atoms with E-state index >= 15 is 0 Å². The van der Waals surface area contributed by atoms with Gasteiger partial charge in [0, 0.05) is 6.20 Å². The molecule has 1 aromatic carbocycles. The number of nitrogens with one attached hydrogen (secondary N) is 2. The zero-order chi connectivity index (χ0) is 16.3. The zero-order valence-corrected chi connectivity index (χ0v) is 13.2. The number of urea groups is 1. The summed E-state index contributed by atoms with van der Waals surface area (Å²) < 4.78 is 1.74. The van der Waals surface area contributed by atoms with Crippen LogP contribution in [0, 0.1) is 6.92 Å². The summed E-state index contributed by atoms with van der Waals surface area (Å²) in [7, 11) is 0. The number of hydrogen-bond acceptors (Lipinski definition) is 3. The second-order valence-corrected chi connectivity index (χ2v) is 6.14. The molecule has 1 aliphatic rings. The number of nitrogens with zero attached hydrogens (tertiary/aromatic N) is 2. The Morgan fingerprint density at radius 3 is 2.70 bits per heavy atom. The number of para-hydroxylation sites is 2. The minimum Gasteiger partial charge on any atom is -0.394 e. The van der Waals surface area contributed by atoms with E-state index in [1.54, 1.807) is 4.68 Å². The van der Waals surface area contributed by atoms with E-state index in [1.165, 1.54) is 0 Å². The summed E-state index contributed by atoms with van der Waals surface area (Å²) in [5.74, 6) is 0. The monoisotopic (exact) mass is 314 g/mol. The van der Waals surface area contributed by atoms with Crippen molar-refractivity contribution < 1.29 is 9.90 Å². The van der Waals surface area contributed by atoms with Crippen molar-refractivity contribution in [1.29, 1.82) is 0 Å². The molecule has 2 amide bonds. The van der Waals surface area contributed by atoms with E-state index < -0.39 is 5.54 Å². The summed E-state index contributed by atoms with van der Waals surface area (Å²) in [5.41, 5.74) is 1.91. The average molecular weight is 314 g/mol. The minimum atomic E-state index is -0.485. The number of hydrogen-bond donors (Lipinski definition) is 3. The van der Waals surface area contributed by atoms with Crippen molar-refractivity contribution in [3.8, 4) is 5.69 Å². The number of carbonyl (C=O) groups is 1. The lowest BCUT2D eigenvalue weighted by Gasteiger charge is -2.28. The van der Waals surface area contributed by atoms with Crippen LogP contribution in [-0.2, 0) is 0 Å². The van der Waals surface area contributed by atoms with Crippen LogP contribution in [0.1, 0.15) is 31.4 Å². The third kappa shape index (κ3) is 3.37. The van der Waals surface area contributed by atoms with Crippen LogP contribution in [0.3, 0.4) is 0 Å². The van der Waals surface area contributed by atoms with Gasteiger partial charge in [-0.15, -0.1) is 0 Å². The normalized spacial score (nSPS) is 16.3. The van der Waals surface area contributed by atoms with Crippen LogP contribution in [0.5, 0.6) is 0 Å². The molecule has 23 heavy (non-hydrogen) atoms. The molecule has 0 saturated heterocycles. The summed E-state index contributed by atoms with van der Waals surface area (Å²) in [6.07, 6.45) is 5.56. The number of amides is 2. The second-order valence-electron chi connectivity index (χ2n) is 6.14. The molecule has 3 rings (SSSR count). The molecule has 0 aliphatic heterocycles. The Morgan fingerprint density at radius 2 is 2.04 bits per heavy atom. The highest BCUT2D eigenvalue weighted by Crippen LogP contribution is 2.29. The van der Waals surface area contributed by atoms with Gasteiger partial charge >= 0.3 is 6.03 Å². The highest BCUT2D eigenvalue weighted by atomic mass is 16.3. The predicted octanol–water partition coefficient (Wildman–Crippen LogP) is 2.61. The molecule has 1 saturated carbocycles. The van der Waals surface area contributed by atoms with Crippen molar-refractivity contribution in [2.45, 2.75) is 38.1 Å². The van der Waals surface area contributed by atoms with Gasteiger partial charge in [0.05, 0.1) is 29.2 Å². The summed E-state index contributed by atoms with van der Waals surface area (Å²) in [6, 6.07) is 9.13. The van der Waals surface area contributed by atoms with Crippen LogP contribution in [0.4, 0.5) is 10.5 Å². The molecular weight excluding hydrogens is 292 g/mol. The Labute approximate surface area is 135 Å². The van der Waals surface area contributed by atoms with Crippen molar-refractivity contribution in [3.63, 3.8) is 0 Å². The molecule has 6 heteroatoms. The first-order chi connectivity index (χ1) is 11.1. The van der Waals surface area contributed by atoms with Crippen molar-refractivity contribution >= 4 is 11.7 Å². The fourth-order valence-electron chi connectivity index (χ4n) is 3.10. The van der Waals surface area contributed by atoms with E-state index in [2.05, 4.69) is 15.7 Å². The van der Waals surface area contributed by atoms with Gasteiger partial charge in [0.1, 0.15) is 0 Å². The number of rotatable bonds is 4. The number of aliphatic hydroxyl groups is 1. The van der Waals surface area contributed by atoms with Crippen molar-refractivity contribution in [2.75, 3.05) is 11.9 Å². The van der Waals surface area contributed by atoms with Crippen LogP contribution in [0.15, 0.2) is 36.5 Å². The lowest BCUT2D eigenvalue weighted by atomic mass is 9.99. The minimum absolute atomic E-state index is 0.0274. The van der Waals surface area contributed by atoms with Crippen molar-refractivity contribution in [3.05, 3.63) is 42.2 Å². The Balaban J connectivity index is 1.76. The Bertz CT molecular complexity index is 689. The number of carbonyl (C=O) groups excluding carboxylic acids is 1. The Morgan fingerprint density at radius 1 is 1.30 bits per heavy atom. The van der Waals surface area contributed by atoms with Gasteiger partial charge in [-0.1, -0.05) is 25.0 Å². The molecule has 1 aromatic heterocycles. The molecule has 0 unspecified atom stereocenters. The fourth-order valence-corrected chi connectivity index (χ4v) is 3.10. The first kappa shape index (κ1) is 15.6. The molecule has 0 atom stereocenters. The standard InChI is InChI=1S/C17H22N4O2/c1-13-8-11-21(20-13)15-7-3-2-6-14(15)18-16(23)19-17(12-22)9-4-5-10-17/h2-3,6-8,11,22H,4-5,9-10,12H2,1H3,(H2,18,19,23).